The number of piperidine rings is 1. The summed E-state index contributed by atoms with van der Waals surface area (Å²) in [6.45, 7) is 3.80. The molecule has 1 aliphatic heterocycles. The number of rotatable bonds is 2. The molecule has 1 rings (SSSR count). The lowest BCUT2D eigenvalue weighted by Crippen LogP contribution is -2.43. The number of hydrogen-bond donors (Lipinski definition) is 1. The van der Waals surface area contributed by atoms with Crippen molar-refractivity contribution >= 4 is 18.4 Å². The Balaban J connectivity index is 0.00000144. The molecule has 1 aliphatic rings. The van der Waals surface area contributed by atoms with Gasteiger partial charge in [-0.05, 0) is 19.8 Å². The highest BCUT2D eigenvalue weighted by atomic mass is 35.5. The molecule has 0 bridgehead atoms. The fraction of sp³-hybridized carbons (Fsp3) is 0.875. The van der Waals surface area contributed by atoms with Gasteiger partial charge < -0.3 is 4.74 Å². The Hall–Kier alpha value is -0.320. The van der Waals surface area contributed by atoms with Gasteiger partial charge in [0.1, 0.15) is 0 Å². The lowest BCUT2D eigenvalue weighted by atomic mass is 10.00. The topological polar surface area (TPSA) is 55.6 Å². The van der Waals surface area contributed by atoms with Gasteiger partial charge in [0, 0.05) is 13.1 Å². The second-order valence-corrected chi connectivity index (χ2v) is 3.09. The van der Waals surface area contributed by atoms with Crippen LogP contribution in [0.3, 0.4) is 0 Å². The summed E-state index contributed by atoms with van der Waals surface area (Å²) in [6, 6.07) is 0. The molecule has 0 unspecified atom stereocenters. The maximum atomic E-state index is 11.2. The molecule has 1 heterocycles. The number of nitrogens with zero attached hydrogens (tertiary/aromatic N) is 1. The number of carbonyl (C=O) groups excluding carboxylic acids is 1. The van der Waals surface area contributed by atoms with Crippen LogP contribution in [0.4, 0.5) is 0 Å². The predicted octanol–water partition coefficient (Wildman–Crippen LogP) is 0.557. The summed E-state index contributed by atoms with van der Waals surface area (Å²) >= 11 is 0. The number of hydrazine groups is 1. The van der Waals surface area contributed by atoms with Gasteiger partial charge in [0.15, 0.2) is 0 Å². The van der Waals surface area contributed by atoms with Gasteiger partial charge in [-0.15, -0.1) is 12.4 Å². The minimum absolute atomic E-state index is 0. The van der Waals surface area contributed by atoms with Crippen LogP contribution in [0.15, 0.2) is 0 Å². The molecule has 13 heavy (non-hydrogen) atoms. The third-order valence-electron chi connectivity index (χ3n) is 2.07. The Morgan fingerprint density at radius 1 is 1.69 bits per heavy atom. The zero-order chi connectivity index (χ0) is 8.97. The first-order chi connectivity index (χ1) is 5.74. The third-order valence-corrected chi connectivity index (χ3v) is 2.07. The summed E-state index contributed by atoms with van der Waals surface area (Å²) in [6.07, 6.45) is 1.90. The van der Waals surface area contributed by atoms with Crippen molar-refractivity contribution in [3.8, 4) is 0 Å². The van der Waals surface area contributed by atoms with Crippen LogP contribution in [0.25, 0.3) is 0 Å². The molecule has 0 aliphatic carbocycles. The molecule has 5 heteroatoms. The molecular weight excluding hydrogens is 192 g/mol. The van der Waals surface area contributed by atoms with Crippen LogP contribution in [0.5, 0.6) is 0 Å². The van der Waals surface area contributed by atoms with Crippen LogP contribution in [0, 0.1) is 5.92 Å². The highest BCUT2D eigenvalue weighted by Crippen LogP contribution is 2.15. The van der Waals surface area contributed by atoms with E-state index in [1.54, 1.807) is 5.01 Å². The van der Waals surface area contributed by atoms with Gasteiger partial charge in [0.25, 0.3) is 0 Å². The normalized spacial score (nSPS) is 23.4. The monoisotopic (exact) mass is 208 g/mol. The number of nitrogens with two attached hydrogens (primary N) is 1. The van der Waals surface area contributed by atoms with Crippen molar-refractivity contribution in [1.29, 1.82) is 0 Å². The Bertz CT molecular complexity index is 166. The summed E-state index contributed by atoms with van der Waals surface area (Å²) in [4.78, 5) is 11.2. The van der Waals surface area contributed by atoms with E-state index in [9.17, 15) is 4.79 Å². The molecule has 0 amide bonds. The van der Waals surface area contributed by atoms with Crippen LogP contribution in [-0.2, 0) is 9.53 Å². The van der Waals surface area contributed by atoms with E-state index in [1.807, 2.05) is 6.92 Å². The van der Waals surface area contributed by atoms with Crippen LogP contribution >= 0.6 is 12.4 Å². The number of hydrogen-bond acceptors (Lipinski definition) is 4. The summed E-state index contributed by atoms with van der Waals surface area (Å²) in [7, 11) is 0. The van der Waals surface area contributed by atoms with Crippen LogP contribution in [0.2, 0.25) is 0 Å². The summed E-state index contributed by atoms with van der Waals surface area (Å²) in [5, 5.41) is 1.69. The highest BCUT2D eigenvalue weighted by molar-refractivity contribution is 5.85. The molecule has 1 saturated heterocycles. The Morgan fingerprint density at radius 3 is 2.92 bits per heavy atom. The molecule has 1 fully saturated rings. The fourth-order valence-corrected chi connectivity index (χ4v) is 1.46. The largest absolute Gasteiger partial charge is 0.466 e. The third kappa shape index (κ3) is 3.93. The first kappa shape index (κ1) is 12.7. The van der Waals surface area contributed by atoms with Crippen molar-refractivity contribution in [2.24, 2.45) is 11.8 Å². The smallest absolute Gasteiger partial charge is 0.310 e. The van der Waals surface area contributed by atoms with E-state index in [1.165, 1.54) is 0 Å². The minimum Gasteiger partial charge on any atom is -0.466 e. The lowest BCUT2D eigenvalue weighted by Gasteiger charge is -2.27. The molecule has 0 radical (unpaired) electrons. The van der Waals surface area contributed by atoms with Crippen molar-refractivity contribution in [2.75, 3.05) is 19.7 Å². The van der Waals surface area contributed by atoms with Crippen molar-refractivity contribution in [1.82, 2.24) is 5.01 Å². The summed E-state index contributed by atoms with van der Waals surface area (Å²) in [5.41, 5.74) is 0. The SMILES string of the molecule is CCOC(=O)[C@H]1CCCN(N)C1.Cl. The van der Waals surface area contributed by atoms with Crippen molar-refractivity contribution in [3.05, 3.63) is 0 Å². The second-order valence-electron chi connectivity index (χ2n) is 3.09. The summed E-state index contributed by atoms with van der Waals surface area (Å²) < 4.78 is 4.91. The standard InChI is InChI=1S/C8H16N2O2.ClH/c1-2-12-8(11)7-4-3-5-10(9)6-7;/h7H,2-6,9H2,1H3;1H/t7-;/m0./s1. The van der Waals surface area contributed by atoms with E-state index < -0.39 is 0 Å². The van der Waals surface area contributed by atoms with Gasteiger partial charge in [-0.3, -0.25) is 10.6 Å². The molecule has 1 atom stereocenters. The lowest BCUT2D eigenvalue weighted by molar-refractivity contribution is -0.149. The molecule has 0 saturated carbocycles. The van der Waals surface area contributed by atoms with Gasteiger partial charge in [-0.2, -0.15) is 0 Å². The van der Waals surface area contributed by atoms with Crippen molar-refractivity contribution in [3.63, 3.8) is 0 Å². The van der Waals surface area contributed by atoms with Crippen molar-refractivity contribution < 1.29 is 9.53 Å². The number of ether oxygens (including phenoxy) is 1. The Labute approximate surface area is 84.8 Å². The highest BCUT2D eigenvalue weighted by Gasteiger charge is 2.24. The first-order valence-electron chi connectivity index (χ1n) is 4.40. The van der Waals surface area contributed by atoms with E-state index >= 15 is 0 Å². The fourth-order valence-electron chi connectivity index (χ4n) is 1.46. The maximum Gasteiger partial charge on any atom is 0.310 e. The van der Waals surface area contributed by atoms with Gasteiger partial charge in [0.05, 0.1) is 12.5 Å². The molecule has 78 valence electrons. The van der Waals surface area contributed by atoms with E-state index in [0.29, 0.717) is 13.2 Å². The average Bonchev–Trinajstić information content (AvgIpc) is 2.05. The molecule has 0 aromatic carbocycles. The first-order valence-corrected chi connectivity index (χ1v) is 4.40. The van der Waals surface area contributed by atoms with E-state index in [2.05, 4.69) is 0 Å². The predicted molar refractivity (Wildman–Crippen MR) is 52.4 cm³/mol. The quantitative estimate of drug-likeness (QED) is 0.532. The number of halogens is 1. The zero-order valence-electron chi connectivity index (χ0n) is 7.86. The van der Waals surface area contributed by atoms with Gasteiger partial charge in [0.2, 0.25) is 0 Å². The Morgan fingerprint density at radius 2 is 2.38 bits per heavy atom. The van der Waals surface area contributed by atoms with Crippen LogP contribution in [0.1, 0.15) is 19.8 Å². The second kappa shape index (κ2) is 6.18. The van der Waals surface area contributed by atoms with Crippen molar-refractivity contribution in [2.45, 2.75) is 19.8 Å². The number of esters is 1. The van der Waals surface area contributed by atoms with Crippen LogP contribution < -0.4 is 5.84 Å². The van der Waals surface area contributed by atoms with Crippen LogP contribution in [-0.4, -0.2) is 30.7 Å². The van der Waals surface area contributed by atoms with Gasteiger partial charge in [-0.1, -0.05) is 0 Å². The average molecular weight is 209 g/mol. The van der Waals surface area contributed by atoms with Gasteiger partial charge in [-0.25, -0.2) is 5.01 Å². The van der Waals surface area contributed by atoms with E-state index in [4.69, 9.17) is 10.6 Å². The molecule has 0 aromatic rings. The molecule has 0 spiro atoms. The maximum absolute atomic E-state index is 11.2. The Kier molecular flexibility index (Phi) is 6.03. The molecular formula is C8H17ClN2O2. The van der Waals surface area contributed by atoms with E-state index in [0.717, 1.165) is 19.4 Å². The summed E-state index contributed by atoms with van der Waals surface area (Å²) in [5.74, 6) is 5.47. The van der Waals surface area contributed by atoms with E-state index in [-0.39, 0.29) is 24.3 Å². The number of carbonyl (C=O) groups is 1. The molecule has 2 N–H and O–H groups in total. The zero-order valence-corrected chi connectivity index (χ0v) is 8.68. The molecule has 4 nitrogen and oxygen atoms in total. The minimum atomic E-state index is -0.104. The van der Waals surface area contributed by atoms with Gasteiger partial charge >= 0.3 is 5.97 Å². The molecule has 0 aromatic heterocycles.